The molecule has 2 aromatic carbocycles. The predicted octanol–water partition coefficient (Wildman–Crippen LogP) is 4.34. The molecule has 0 radical (unpaired) electrons. The number of hydrogen-bond donors (Lipinski definition) is 1. The van der Waals surface area contributed by atoms with Gasteiger partial charge in [-0.1, -0.05) is 11.6 Å². The molecule has 0 aliphatic carbocycles. The van der Waals surface area contributed by atoms with Gasteiger partial charge in [0.25, 0.3) is 5.91 Å². The van der Waals surface area contributed by atoms with Crippen molar-refractivity contribution in [2.45, 2.75) is 6.92 Å². The number of nitrogens with zero attached hydrogens (tertiary/aromatic N) is 1. The molecule has 0 bridgehead atoms. The molecule has 0 aliphatic heterocycles. The summed E-state index contributed by atoms with van der Waals surface area (Å²) in [6.45, 7) is 1.49. The highest BCUT2D eigenvalue weighted by Gasteiger charge is 2.11. The van der Waals surface area contributed by atoms with Crippen molar-refractivity contribution in [1.29, 1.82) is 0 Å². The van der Waals surface area contributed by atoms with Crippen LogP contribution in [-0.4, -0.2) is 18.9 Å². The van der Waals surface area contributed by atoms with Crippen LogP contribution >= 0.6 is 27.5 Å². The Kier molecular flexibility index (Phi) is 5.21. The number of nitrogens with one attached hydrogen (secondary N) is 1. The van der Waals surface area contributed by atoms with Crippen LogP contribution in [0.4, 0.5) is 11.4 Å². The summed E-state index contributed by atoms with van der Waals surface area (Å²) in [7, 11) is 1.69. The van der Waals surface area contributed by atoms with Crippen molar-refractivity contribution in [1.82, 2.24) is 0 Å². The van der Waals surface area contributed by atoms with E-state index in [4.69, 9.17) is 11.6 Å². The zero-order valence-electron chi connectivity index (χ0n) is 12.1. The van der Waals surface area contributed by atoms with Crippen LogP contribution in [0.5, 0.6) is 0 Å². The third kappa shape index (κ3) is 3.87. The van der Waals surface area contributed by atoms with Gasteiger partial charge in [-0.25, -0.2) is 0 Å². The van der Waals surface area contributed by atoms with Gasteiger partial charge in [0.05, 0.1) is 5.56 Å². The van der Waals surface area contributed by atoms with Crippen LogP contribution in [0.25, 0.3) is 0 Å². The first kappa shape index (κ1) is 16.5. The quantitative estimate of drug-likeness (QED) is 0.860. The van der Waals surface area contributed by atoms with Crippen molar-refractivity contribution in [2.24, 2.45) is 0 Å². The van der Waals surface area contributed by atoms with E-state index in [1.165, 1.54) is 11.8 Å². The summed E-state index contributed by atoms with van der Waals surface area (Å²) in [5, 5.41) is 3.28. The van der Waals surface area contributed by atoms with E-state index in [9.17, 15) is 9.59 Å². The average molecular weight is 382 g/mol. The first-order chi connectivity index (χ1) is 10.4. The summed E-state index contributed by atoms with van der Waals surface area (Å²) in [6, 6.07) is 12.0. The Morgan fingerprint density at radius 3 is 2.36 bits per heavy atom. The van der Waals surface area contributed by atoms with E-state index in [1.807, 2.05) is 0 Å². The predicted molar refractivity (Wildman–Crippen MR) is 92.6 cm³/mol. The molecule has 0 aromatic heterocycles. The number of hydrogen-bond acceptors (Lipinski definition) is 2. The molecular formula is C16H14BrClN2O2. The molecule has 6 heteroatoms. The average Bonchev–Trinajstić information content (AvgIpc) is 2.49. The Labute approximate surface area is 142 Å². The summed E-state index contributed by atoms with van der Waals surface area (Å²) in [5.41, 5.74) is 1.85. The highest BCUT2D eigenvalue weighted by Crippen LogP contribution is 2.23. The third-order valence-electron chi connectivity index (χ3n) is 3.16. The van der Waals surface area contributed by atoms with E-state index < -0.39 is 0 Å². The minimum Gasteiger partial charge on any atom is -0.322 e. The molecule has 0 aliphatic rings. The van der Waals surface area contributed by atoms with Crippen LogP contribution in [0.3, 0.4) is 0 Å². The molecule has 114 valence electrons. The Bertz CT molecular complexity index is 717. The van der Waals surface area contributed by atoms with Gasteiger partial charge in [-0.3, -0.25) is 9.59 Å². The summed E-state index contributed by atoms with van der Waals surface area (Å²) < 4.78 is 0.669. The number of carbonyl (C=O) groups is 2. The highest BCUT2D eigenvalue weighted by molar-refractivity contribution is 9.10. The van der Waals surface area contributed by atoms with E-state index >= 15 is 0 Å². The van der Waals surface area contributed by atoms with Crippen LogP contribution in [0.2, 0.25) is 5.02 Å². The standard InChI is InChI=1S/C16H14BrClN2O2/c1-10(21)20(2)13-6-4-12(5-7-13)19-16(22)14-9-11(18)3-8-15(14)17/h3-9H,1-2H3,(H,19,22). The summed E-state index contributed by atoms with van der Waals surface area (Å²) in [5.74, 6) is -0.318. The normalized spacial score (nSPS) is 10.2. The maximum Gasteiger partial charge on any atom is 0.256 e. The fraction of sp³-hybridized carbons (Fsp3) is 0.125. The van der Waals surface area contributed by atoms with Gasteiger partial charge in [0, 0.05) is 34.8 Å². The van der Waals surface area contributed by atoms with Crippen molar-refractivity contribution in [2.75, 3.05) is 17.3 Å². The fourth-order valence-corrected chi connectivity index (χ4v) is 2.42. The van der Waals surface area contributed by atoms with Crippen molar-refractivity contribution < 1.29 is 9.59 Å². The van der Waals surface area contributed by atoms with Crippen molar-refractivity contribution in [3.05, 3.63) is 57.5 Å². The molecule has 0 saturated heterocycles. The second-order valence-electron chi connectivity index (χ2n) is 4.70. The topological polar surface area (TPSA) is 49.4 Å². The SMILES string of the molecule is CC(=O)N(C)c1ccc(NC(=O)c2cc(Cl)ccc2Br)cc1. The van der Waals surface area contributed by atoms with E-state index in [2.05, 4.69) is 21.2 Å². The molecule has 0 atom stereocenters. The Morgan fingerprint density at radius 1 is 1.14 bits per heavy atom. The minimum absolute atomic E-state index is 0.0559. The van der Waals surface area contributed by atoms with Gasteiger partial charge < -0.3 is 10.2 Å². The first-order valence-corrected chi connectivity index (χ1v) is 7.66. The largest absolute Gasteiger partial charge is 0.322 e. The van der Waals surface area contributed by atoms with Crippen LogP contribution in [-0.2, 0) is 4.79 Å². The van der Waals surface area contributed by atoms with Gasteiger partial charge in [-0.2, -0.15) is 0 Å². The van der Waals surface area contributed by atoms with Crippen molar-refractivity contribution in [3.63, 3.8) is 0 Å². The van der Waals surface area contributed by atoms with Gasteiger partial charge in [0.1, 0.15) is 0 Å². The molecule has 1 N–H and O–H groups in total. The number of benzene rings is 2. The van der Waals surface area contributed by atoms with Crippen LogP contribution in [0.15, 0.2) is 46.9 Å². The molecule has 22 heavy (non-hydrogen) atoms. The van der Waals surface area contributed by atoms with E-state index in [0.29, 0.717) is 20.7 Å². The van der Waals surface area contributed by atoms with Gasteiger partial charge in [-0.05, 0) is 58.4 Å². The van der Waals surface area contributed by atoms with E-state index in [0.717, 1.165) is 5.69 Å². The Balaban J connectivity index is 2.15. The fourth-order valence-electron chi connectivity index (χ4n) is 1.82. The number of amides is 2. The first-order valence-electron chi connectivity index (χ1n) is 6.49. The molecule has 2 aromatic rings. The van der Waals surface area contributed by atoms with Crippen LogP contribution in [0, 0.1) is 0 Å². The summed E-state index contributed by atoms with van der Waals surface area (Å²) >= 11 is 9.24. The van der Waals surface area contributed by atoms with Gasteiger partial charge in [-0.15, -0.1) is 0 Å². The lowest BCUT2D eigenvalue weighted by molar-refractivity contribution is -0.116. The number of anilines is 2. The Hall–Kier alpha value is -1.85. The summed E-state index contributed by atoms with van der Waals surface area (Å²) in [4.78, 5) is 25.1. The Morgan fingerprint density at radius 2 is 1.77 bits per heavy atom. The van der Waals surface area contributed by atoms with Gasteiger partial charge in [0.15, 0.2) is 0 Å². The molecule has 4 nitrogen and oxygen atoms in total. The van der Waals surface area contributed by atoms with Gasteiger partial charge >= 0.3 is 0 Å². The number of rotatable bonds is 3. The number of carbonyl (C=O) groups excluding carboxylic acids is 2. The maximum absolute atomic E-state index is 12.2. The monoisotopic (exact) mass is 380 g/mol. The number of halogens is 2. The van der Waals surface area contributed by atoms with Crippen molar-refractivity contribution >= 4 is 50.7 Å². The van der Waals surface area contributed by atoms with Crippen LogP contribution in [0.1, 0.15) is 17.3 Å². The molecule has 0 fully saturated rings. The molecule has 0 saturated carbocycles. The van der Waals surface area contributed by atoms with E-state index in [1.54, 1.807) is 49.5 Å². The van der Waals surface area contributed by atoms with Crippen molar-refractivity contribution in [3.8, 4) is 0 Å². The van der Waals surface area contributed by atoms with Crippen LogP contribution < -0.4 is 10.2 Å². The lowest BCUT2D eigenvalue weighted by Crippen LogP contribution is -2.22. The van der Waals surface area contributed by atoms with E-state index in [-0.39, 0.29) is 11.8 Å². The molecule has 0 spiro atoms. The summed E-state index contributed by atoms with van der Waals surface area (Å²) in [6.07, 6.45) is 0. The minimum atomic E-state index is -0.262. The zero-order chi connectivity index (χ0) is 16.3. The zero-order valence-corrected chi connectivity index (χ0v) is 14.4. The molecule has 0 unspecified atom stereocenters. The molecule has 2 amide bonds. The molecular weight excluding hydrogens is 368 g/mol. The lowest BCUT2D eigenvalue weighted by atomic mass is 10.2. The lowest BCUT2D eigenvalue weighted by Gasteiger charge is -2.15. The maximum atomic E-state index is 12.2. The molecule has 0 heterocycles. The second-order valence-corrected chi connectivity index (χ2v) is 5.99. The highest BCUT2D eigenvalue weighted by atomic mass is 79.9. The third-order valence-corrected chi connectivity index (χ3v) is 4.08. The van der Waals surface area contributed by atoms with Gasteiger partial charge in [0.2, 0.25) is 5.91 Å². The second kappa shape index (κ2) is 6.94. The smallest absolute Gasteiger partial charge is 0.256 e. The molecule has 2 rings (SSSR count).